The van der Waals surface area contributed by atoms with Crippen LogP contribution in [0.5, 0.6) is 5.75 Å². The molecule has 162 valence electrons. The fraction of sp³-hybridized carbons (Fsp3) is 0.238. The molecule has 2 heterocycles. The van der Waals surface area contributed by atoms with Gasteiger partial charge in [0.1, 0.15) is 22.8 Å². The third kappa shape index (κ3) is 4.02. The van der Waals surface area contributed by atoms with Crippen LogP contribution in [0, 0.1) is 12.1 Å². The van der Waals surface area contributed by atoms with Crippen molar-refractivity contribution >= 4 is 28.9 Å². The molecule has 1 saturated heterocycles. The van der Waals surface area contributed by atoms with Gasteiger partial charge in [-0.3, -0.25) is 10.0 Å². The molecular weight excluding hydrogens is 424 g/mol. The zero-order chi connectivity index (χ0) is 22.1. The van der Waals surface area contributed by atoms with Crippen LogP contribution in [0.4, 0.5) is 11.4 Å². The van der Waals surface area contributed by atoms with Gasteiger partial charge < -0.3 is 29.9 Å². The number of para-hydroxylation sites is 1. The van der Waals surface area contributed by atoms with Crippen molar-refractivity contribution in [2.24, 2.45) is 0 Å². The van der Waals surface area contributed by atoms with Crippen LogP contribution in [-0.2, 0) is 0 Å². The predicted molar refractivity (Wildman–Crippen MR) is 116 cm³/mol. The largest absolute Gasteiger partial charge is 0.733 e. The van der Waals surface area contributed by atoms with Crippen LogP contribution in [0.15, 0.2) is 47.0 Å². The van der Waals surface area contributed by atoms with E-state index in [0.717, 1.165) is 5.69 Å². The van der Waals surface area contributed by atoms with Crippen LogP contribution in [0.3, 0.4) is 0 Å². The maximum atomic E-state index is 13.2. The Kier molecular flexibility index (Phi) is 5.73. The smallest absolute Gasteiger partial charge is 0.259 e. The summed E-state index contributed by atoms with van der Waals surface area (Å²) in [5.74, 6) is 0.183. The maximum Gasteiger partial charge on any atom is 0.259 e. The Bertz CT molecular complexity index is 1110. The lowest BCUT2D eigenvalue weighted by molar-refractivity contribution is 0.0745. The van der Waals surface area contributed by atoms with Gasteiger partial charge in [-0.2, -0.15) is 0 Å². The van der Waals surface area contributed by atoms with Crippen molar-refractivity contribution in [1.82, 2.24) is 10.1 Å². The minimum Gasteiger partial charge on any atom is -0.733 e. The molecule has 1 aliphatic heterocycles. The van der Waals surface area contributed by atoms with E-state index >= 15 is 0 Å². The van der Waals surface area contributed by atoms with Gasteiger partial charge in [-0.1, -0.05) is 28.9 Å². The number of hydrogen-bond acceptors (Lipinski definition) is 8. The van der Waals surface area contributed by atoms with Gasteiger partial charge in [0.2, 0.25) is 0 Å². The van der Waals surface area contributed by atoms with Gasteiger partial charge in [-0.05, 0) is 37.3 Å². The Morgan fingerprint density at radius 2 is 1.90 bits per heavy atom. The van der Waals surface area contributed by atoms with E-state index in [1.165, 1.54) is 18.2 Å². The number of aromatic nitrogens is 1. The van der Waals surface area contributed by atoms with Gasteiger partial charge >= 0.3 is 0 Å². The molecule has 0 bridgehead atoms. The first-order valence-corrected chi connectivity index (χ1v) is 9.99. The molecule has 1 aromatic heterocycles. The van der Waals surface area contributed by atoms with E-state index in [4.69, 9.17) is 21.3 Å². The second-order valence-corrected chi connectivity index (χ2v) is 7.57. The minimum absolute atomic E-state index is 0.0206. The molecule has 2 aromatic carbocycles. The Hall–Kier alpha value is -3.27. The zero-order valence-electron chi connectivity index (χ0n) is 16.7. The Labute approximate surface area is 183 Å². The number of nitrogens with zero attached hydrogens (tertiary/aromatic N) is 4. The van der Waals surface area contributed by atoms with Crippen molar-refractivity contribution in [1.29, 1.82) is 0 Å². The molecule has 0 aliphatic carbocycles. The van der Waals surface area contributed by atoms with Crippen molar-refractivity contribution < 1.29 is 19.6 Å². The van der Waals surface area contributed by atoms with E-state index in [1.54, 1.807) is 36.1 Å². The molecule has 0 spiro atoms. The lowest BCUT2D eigenvalue weighted by atomic mass is 10.0. The van der Waals surface area contributed by atoms with E-state index in [9.17, 15) is 15.1 Å². The summed E-state index contributed by atoms with van der Waals surface area (Å²) in [6.45, 7) is 3.61. The molecule has 0 unspecified atom stereocenters. The first-order chi connectivity index (χ1) is 14.9. The number of phenols is 1. The Morgan fingerprint density at radius 3 is 2.55 bits per heavy atom. The number of amides is 1. The topological polar surface area (TPSA) is 116 Å². The number of carbonyl (C=O) groups excluding carboxylic acids is 1. The van der Waals surface area contributed by atoms with Crippen molar-refractivity contribution in [2.45, 2.75) is 6.92 Å². The normalized spacial score (nSPS) is 14.1. The lowest BCUT2D eigenvalue weighted by Crippen LogP contribution is -2.49. The number of rotatable bonds is 4. The summed E-state index contributed by atoms with van der Waals surface area (Å²) >= 11 is 6.27. The highest BCUT2D eigenvalue weighted by molar-refractivity contribution is 6.33. The number of anilines is 2. The van der Waals surface area contributed by atoms with E-state index in [2.05, 4.69) is 5.16 Å². The van der Waals surface area contributed by atoms with E-state index in [-0.39, 0.29) is 22.6 Å². The maximum absolute atomic E-state index is 13.2. The van der Waals surface area contributed by atoms with Crippen molar-refractivity contribution in [2.75, 3.05) is 36.3 Å². The van der Waals surface area contributed by atoms with Gasteiger partial charge in [0.25, 0.3) is 5.91 Å². The van der Waals surface area contributed by atoms with Crippen LogP contribution in [0.2, 0.25) is 5.02 Å². The second-order valence-electron chi connectivity index (χ2n) is 7.17. The average molecular weight is 444 g/mol. The number of benzene rings is 2. The van der Waals surface area contributed by atoms with Crippen LogP contribution < -0.4 is 10.1 Å². The molecule has 1 aliphatic rings. The summed E-state index contributed by atoms with van der Waals surface area (Å²) in [4.78, 5) is 17.0. The highest BCUT2D eigenvalue weighted by atomic mass is 35.5. The molecule has 2 N–H and O–H groups in total. The van der Waals surface area contributed by atoms with Gasteiger partial charge in [0, 0.05) is 31.7 Å². The highest BCUT2D eigenvalue weighted by Gasteiger charge is 2.29. The highest BCUT2D eigenvalue weighted by Crippen LogP contribution is 2.34. The van der Waals surface area contributed by atoms with Crippen LogP contribution in [0.1, 0.15) is 16.1 Å². The van der Waals surface area contributed by atoms with Gasteiger partial charge in [-0.15, -0.1) is 0 Å². The summed E-state index contributed by atoms with van der Waals surface area (Å²) < 4.78 is 5.27. The number of halogens is 1. The number of aromatic hydroxyl groups is 1. The summed E-state index contributed by atoms with van der Waals surface area (Å²) in [6.07, 6.45) is 0. The first kappa shape index (κ1) is 21.0. The number of carbonyl (C=O) groups is 1. The zero-order valence-corrected chi connectivity index (χ0v) is 17.4. The molecule has 10 heteroatoms. The van der Waals surface area contributed by atoms with E-state index in [1.807, 2.05) is 4.90 Å². The first-order valence-electron chi connectivity index (χ1n) is 9.61. The van der Waals surface area contributed by atoms with E-state index < -0.39 is 0 Å². The summed E-state index contributed by atoms with van der Waals surface area (Å²) in [6, 6.07) is 11.2. The standard InChI is InChI=1S/C21H20ClN4O5/c1-13-19(20(23-31-13)15-4-2-3-5-18(15)27)21(28)25-10-8-24(9-11-25)17-7-6-14(26(29)30)12-16(17)22/h2-7,12,27,29H,8-11H2,1H3/q-1. The van der Waals surface area contributed by atoms with Gasteiger partial charge in [-0.25, -0.2) is 0 Å². The van der Waals surface area contributed by atoms with Crippen LogP contribution in [0.25, 0.3) is 11.3 Å². The van der Waals surface area contributed by atoms with Crippen molar-refractivity contribution in [3.63, 3.8) is 0 Å². The van der Waals surface area contributed by atoms with Crippen molar-refractivity contribution in [3.8, 4) is 17.0 Å². The summed E-state index contributed by atoms with van der Waals surface area (Å²) in [5, 5.41) is 34.3. The molecule has 4 rings (SSSR count). The molecule has 0 saturated carbocycles. The summed E-state index contributed by atoms with van der Waals surface area (Å²) in [7, 11) is 0. The van der Waals surface area contributed by atoms with Gasteiger partial charge in [0.15, 0.2) is 0 Å². The number of piperazine rings is 1. The minimum atomic E-state index is -0.240. The molecule has 1 fully saturated rings. The fourth-order valence-electron chi connectivity index (χ4n) is 3.66. The Balaban J connectivity index is 1.51. The monoisotopic (exact) mass is 443 g/mol. The summed E-state index contributed by atoms with van der Waals surface area (Å²) in [5.41, 5.74) is 1.84. The molecule has 0 radical (unpaired) electrons. The van der Waals surface area contributed by atoms with Crippen LogP contribution in [-0.4, -0.2) is 52.5 Å². The molecule has 9 nitrogen and oxygen atoms in total. The third-order valence-electron chi connectivity index (χ3n) is 5.30. The molecule has 31 heavy (non-hydrogen) atoms. The SMILES string of the molecule is Cc1onc(-c2ccccc2O)c1C(=O)N1CCN(c2ccc(N([O-])O)cc2Cl)CC1. The fourth-order valence-corrected chi connectivity index (χ4v) is 3.96. The Morgan fingerprint density at radius 1 is 1.19 bits per heavy atom. The quantitative estimate of drug-likeness (QED) is 0.587. The molecule has 0 atom stereocenters. The van der Waals surface area contributed by atoms with Crippen LogP contribution >= 0.6 is 11.6 Å². The van der Waals surface area contributed by atoms with E-state index in [0.29, 0.717) is 53.8 Å². The number of aryl methyl sites for hydroxylation is 1. The average Bonchev–Trinajstić information content (AvgIpc) is 3.14. The molecule has 3 aromatic rings. The molecular formula is C21H20ClN4O5-. The van der Waals surface area contributed by atoms with Gasteiger partial charge in [0.05, 0.1) is 16.4 Å². The molecule has 1 amide bonds. The predicted octanol–water partition coefficient (Wildman–Crippen LogP) is 3.66. The second kappa shape index (κ2) is 8.46. The number of phenolic OH excluding ortho intramolecular Hbond substituents is 1. The number of hydrogen-bond donors (Lipinski definition) is 2. The third-order valence-corrected chi connectivity index (χ3v) is 5.60. The lowest BCUT2D eigenvalue weighted by Gasteiger charge is -2.36. The van der Waals surface area contributed by atoms with Crippen molar-refractivity contribution in [3.05, 3.63) is 64.0 Å².